The first-order valence-corrected chi connectivity index (χ1v) is 10.7. The molecule has 1 rings (SSSR count). The topological polar surface area (TPSA) is 260 Å². The normalized spacial score (nSPS) is 14.3. The van der Waals surface area contributed by atoms with E-state index in [1.807, 2.05) is 0 Å². The summed E-state index contributed by atoms with van der Waals surface area (Å²) >= 11 is 0. The van der Waals surface area contributed by atoms with Gasteiger partial charge in [-0.1, -0.05) is 13.8 Å². The molecule has 0 fully saturated rings. The molecule has 0 saturated heterocycles. The minimum Gasteiger partial charge on any atom is -0.481 e. The molecule has 1 aromatic rings. The van der Waals surface area contributed by atoms with Gasteiger partial charge in [0, 0.05) is 18.3 Å². The molecule has 15 heteroatoms. The van der Waals surface area contributed by atoms with Crippen LogP contribution in [0.3, 0.4) is 0 Å². The number of carboxylic acid groups (broad SMARTS) is 2. The van der Waals surface area contributed by atoms with E-state index < -0.39 is 72.6 Å². The molecule has 0 aliphatic heterocycles. The Kier molecular flexibility index (Phi) is 11.3. The van der Waals surface area contributed by atoms with Crippen molar-refractivity contribution in [2.75, 3.05) is 0 Å². The van der Waals surface area contributed by atoms with Crippen molar-refractivity contribution < 1.29 is 39.0 Å². The van der Waals surface area contributed by atoms with Crippen molar-refractivity contribution in [1.29, 1.82) is 0 Å². The van der Waals surface area contributed by atoms with Crippen molar-refractivity contribution in [3.8, 4) is 0 Å². The van der Waals surface area contributed by atoms with Crippen LogP contribution in [0.5, 0.6) is 0 Å². The molecule has 4 atom stereocenters. The minimum absolute atomic E-state index is 0.0971. The van der Waals surface area contributed by atoms with E-state index in [1.54, 1.807) is 13.8 Å². The summed E-state index contributed by atoms with van der Waals surface area (Å²) < 4.78 is 0. The third kappa shape index (κ3) is 10.6. The highest BCUT2D eigenvalue weighted by molar-refractivity contribution is 5.96. The predicted octanol–water partition coefficient (Wildman–Crippen LogP) is -2.79. The van der Waals surface area contributed by atoms with Crippen LogP contribution in [0.15, 0.2) is 12.5 Å². The molecule has 15 nitrogen and oxygen atoms in total. The van der Waals surface area contributed by atoms with E-state index in [-0.39, 0.29) is 18.8 Å². The van der Waals surface area contributed by atoms with Crippen molar-refractivity contribution in [2.45, 2.75) is 63.7 Å². The van der Waals surface area contributed by atoms with Gasteiger partial charge in [0.1, 0.15) is 18.1 Å². The zero-order chi connectivity index (χ0) is 26.7. The number of hydrogen-bond acceptors (Lipinski definition) is 8. The summed E-state index contributed by atoms with van der Waals surface area (Å²) in [6.07, 6.45) is 1.35. The molecule has 0 aromatic carbocycles. The Labute approximate surface area is 200 Å². The summed E-state index contributed by atoms with van der Waals surface area (Å²) in [6.45, 7) is 3.51. The van der Waals surface area contributed by atoms with Crippen molar-refractivity contribution in [3.05, 3.63) is 18.2 Å². The lowest BCUT2D eigenvalue weighted by molar-refractivity contribution is -0.142. The van der Waals surface area contributed by atoms with Crippen LogP contribution >= 0.6 is 0 Å². The average molecular weight is 498 g/mol. The molecule has 0 radical (unpaired) electrons. The maximum Gasteiger partial charge on any atom is 0.326 e. The zero-order valence-electron chi connectivity index (χ0n) is 19.3. The van der Waals surface area contributed by atoms with E-state index in [0.29, 0.717) is 5.69 Å². The highest BCUT2D eigenvalue weighted by Gasteiger charge is 2.32. The van der Waals surface area contributed by atoms with Crippen LogP contribution in [0.4, 0.5) is 0 Å². The molecule has 1 heterocycles. The molecule has 0 aliphatic rings. The number of rotatable bonds is 15. The summed E-state index contributed by atoms with van der Waals surface area (Å²) in [5, 5.41) is 25.1. The Bertz CT molecular complexity index is 919. The van der Waals surface area contributed by atoms with Crippen LogP contribution in [-0.4, -0.2) is 79.9 Å². The lowest BCUT2D eigenvalue weighted by Gasteiger charge is -2.25. The van der Waals surface area contributed by atoms with E-state index in [1.165, 1.54) is 12.5 Å². The zero-order valence-corrected chi connectivity index (χ0v) is 19.3. The number of hydrogen-bond donors (Lipinski definition) is 8. The number of H-pyrrole nitrogens is 1. The second kappa shape index (κ2) is 13.6. The average Bonchev–Trinajstić information content (AvgIpc) is 3.24. The van der Waals surface area contributed by atoms with Crippen molar-refractivity contribution >= 4 is 35.6 Å². The third-order valence-corrected chi connectivity index (χ3v) is 4.70. The van der Waals surface area contributed by atoms with Gasteiger partial charge in [-0.25, -0.2) is 9.78 Å². The number of nitrogens with two attached hydrogens (primary N) is 2. The number of carbonyl (C=O) groups is 6. The van der Waals surface area contributed by atoms with Gasteiger partial charge in [0.05, 0.1) is 25.2 Å². The van der Waals surface area contributed by atoms with Gasteiger partial charge in [-0.2, -0.15) is 0 Å². The fourth-order valence-electron chi connectivity index (χ4n) is 3.03. The first-order valence-electron chi connectivity index (χ1n) is 10.7. The van der Waals surface area contributed by atoms with Gasteiger partial charge >= 0.3 is 11.9 Å². The molecule has 0 saturated carbocycles. The number of aromatic nitrogens is 2. The van der Waals surface area contributed by atoms with Crippen molar-refractivity contribution in [3.63, 3.8) is 0 Å². The molecular formula is C20H31N7O8. The molecule has 0 spiro atoms. The molecule has 194 valence electrons. The smallest absolute Gasteiger partial charge is 0.326 e. The van der Waals surface area contributed by atoms with Crippen LogP contribution in [0.1, 0.15) is 38.8 Å². The van der Waals surface area contributed by atoms with E-state index in [0.717, 1.165) is 0 Å². The third-order valence-electron chi connectivity index (χ3n) is 4.70. The molecular weight excluding hydrogens is 466 g/mol. The number of nitrogens with zero attached hydrogens (tertiary/aromatic N) is 1. The predicted molar refractivity (Wildman–Crippen MR) is 119 cm³/mol. The molecule has 0 bridgehead atoms. The summed E-state index contributed by atoms with van der Waals surface area (Å²) in [6, 6.07) is -5.58. The Morgan fingerprint density at radius 3 is 2.00 bits per heavy atom. The van der Waals surface area contributed by atoms with Crippen LogP contribution in [-0.2, 0) is 35.2 Å². The number of aliphatic carboxylic acids is 2. The number of carbonyl (C=O) groups excluding carboxylic acids is 4. The van der Waals surface area contributed by atoms with E-state index in [2.05, 4.69) is 25.9 Å². The number of carboxylic acids is 2. The summed E-state index contributed by atoms with van der Waals surface area (Å²) in [5.41, 5.74) is 11.1. The fourth-order valence-corrected chi connectivity index (χ4v) is 3.03. The molecule has 35 heavy (non-hydrogen) atoms. The van der Waals surface area contributed by atoms with Gasteiger partial charge in [0.2, 0.25) is 23.6 Å². The monoisotopic (exact) mass is 497 g/mol. The second-order valence-corrected chi connectivity index (χ2v) is 8.31. The van der Waals surface area contributed by atoms with E-state index >= 15 is 0 Å². The van der Waals surface area contributed by atoms with Gasteiger partial charge in [-0.3, -0.25) is 24.0 Å². The first kappa shape index (κ1) is 29.0. The highest BCUT2D eigenvalue weighted by Crippen LogP contribution is 2.08. The van der Waals surface area contributed by atoms with Gasteiger partial charge < -0.3 is 42.6 Å². The maximum absolute atomic E-state index is 12.9. The number of amides is 4. The highest BCUT2D eigenvalue weighted by atomic mass is 16.4. The standard InChI is InChI=1S/C20H31N7O8/c1-9(2)3-12(25-17(31)11(21)5-16(29)30)18(32)26-13(6-15(22)28)19(33)27-14(20(34)35)4-10-7-23-8-24-10/h7-9,11-14H,3-6,21H2,1-2H3,(H2,22,28)(H,23,24)(H,25,31)(H,26,32)(H,27,33)(H,29,30)(H,34,35). The number of aromatic amines is 1. The summed E-state index contributed by atoms with van der Waals surface area (Å²) in [5.74, 6) is -6.48. The molecule has 0 aliphatic carbocycles. The Hall–Kier alpha value is -4.01. The first-order chi connectivity index (χ1) is 16.3. The lowest BCUT2D eigenvalue weighted by Crippen LogP contribution is -2.58. The van der Waals surface area contributed by atoms with Gasteiger partial charge in [-0.15, -0.1) is 0 Å². The van der Waals surface area contributed by atoms with Crippen LogP contribution in [0.25, 0.3) is 0 Å². The lowest BCUT2D eigenvalue weighted by atomic mass is 10.0. The van der Waals surface area contributed by atoms with Crippen LogP contribution < -0.4 is 27.4 Å². The quantitative estimate of drug-likeness (QED) is 0.123. The maximum atomic E-state index is 12.9. The van der Waals surface area contributed by atoms with Crippen molar-refractivity contribution in [2.24, 2.45) is 17.4 Å². The van der Waals surface area contributed by atoms with E-state index in [4.69, 9.17) is 16.6 Å². The largest absolute Gasteiger partial charge is 0.481 e. The Morgan fingerprint density at radius 2 is 1.51 bits per heavy atom. The van der Waals surface area contributed by atoms with Crippen LogP contribution in [0, 0.1) is 5.92 Å². The minimum atomic E-state index is -1.54. The fraction of sp³-hybridized carbons (Fsp3) is 0.550. The number of imidazole rings is 1. The molecule has 1 aromatic heterocycles. The number of nitrogens with one attached hydrogen (secondary N) is 4. The summed E-state index contributed by atoms with van der Waals surface area (Å²) in [7, 11) is 0. The Morgan fingerprint density at radius 1 is 0.943 bits per heavy atom. The van der Waals surface area contributed by atoms with E-state index in [9.17, 15) is 33.9 Å². The Balaban J connectivity index is 2.99. The molecule has 4 amide bonds. The van der Waals surface area contributed by atoms with Crippen LogP contribution in [0.2, 0.25) is 0 Å². The van der Waals surface area contributed by atoms with Gasteiger partial charge in [-0.05, 0) is 12.3 Å². The summed E-state index contributed by atoms with van der Waals surface area (Å²) in [4.78, 5) is 78.2. The van der Waals surface area contributed by atoms with Gasteiger partial charge in [0.15, 0.2) is 0 Å². The van der Waals surface area contributed by atoms with Gasteiger partial charge in [0.25, 0.3) is 0 Å². The second-order valence-electron chi connectivity index (χ2n) is 8.31. The number of primary amides is 1. The molecule has 10 N–H and O–H groups in total. The van der Waals surface area contributed by atoms with Crippen molar-refractivity contribution in [1.82, 2.24) is 25.9 Å². The SMILES string of the molecule is CC(C)CC(NC(=O)C(N)CC(=O)O)C(=O)NC(CC(N)=O)C(=O)NC(Cc1cnc[nH]1)C(=O)O. The molecule has 4 unspecified atom stereocenters.